The Morgan fingerprint density at radius 3 is 2.55 bits per heavy atom. The summed E-state index contributed by atoms with van der Waals surface area (Å²) in [4.78, 5) is 26.9. The third-order valence-electron chi connectivity index (χ3n) is 5.71. The maximum atomic E-state index is 12.6. The summed E-state index contributed by atoms with van der Waals surface area (Å²) in [6.07, 6.45) is 4.95. The van der Waals surface area contributed by atoms with Crippen LogP contribution in [0.1, 0.15) is 36.5 Å². The molecule has 1 aliphatic heterocycles. The second kappa shape index (κ2) is 8.11. The lowest BCUT2D eigenvalue weighted by Crippen LogP contribution is -2.35. The molecule has 5 nitrogen and oxygen atoms in total. The van der Waals surface area contributed by atoms with Crippen LogP contribution in [-0.2, 0) is 17.8 Å². The normalized spacial score (nSPS) is 16.2. The van der Waals surface area contributed by atoms with Crippen molar-refractivity contribution in [3.05, 3.63) is 70.8 Å². The predicted molar refractivity (Wildman–Crippen MR) is 116 cm³/mol. The minimum absolute atomic E-state index is 0.0931. The van der Waals surface area contributed by atoms with E-state index in [4.69, 9.17) is 0 Å². The summed E-state index contributed by atoms with van der Waals surface area (Å²) in [6.45, 7) is 5.32. The van der Waals surface area contributed by atoms with Crippen molar-refractivity contribution in [2.75, 3.05) is 17.2 Å². The molecule has 0 radical (unpaired) electrons. The molecule has 2 aliphatic rings. The maximum absolute atomic E-state index is 12.6. The van der Waals surface area contributed by atoms with Crippen LogP contribution in [0.2, 0.25) is 0 Å². The number of benzene rings is 2. The summed E-state index contributed by atoms with van der Waals surface area (Å²) in [5, 5.41) is 5.83. The maximum Gasteiger partial charge on any atom is 0.323 e. The van der Waals surface area contributed by atoms with Crippen LogP contribution in [0, 0.1) is 12.8 Å². The second-order valence-corrected chi connectivity index (χ2v) is 8.06. The van der Waals surface area contributed by atoms with Crippen molar-refractivity contribution in [2.24, 2.45) is 5.92 Å². The van der Waals surface area contributed by atoms with Crippen molar-refractivity contribution in [3.63, 3.8) is 0 Å². The van der Waals surface area contributed by atoms with E-state index in [0.717, 1.165) is 34.5 Å². The molecular formula is C24H27N3O2. The van der Waals surface area contributed by atoms with Crippen LogP contribution in [0.3, 0.4) is 0 Å². The van der Waals surface area contributed by atoms with E-state index in [1.807, 2.05) is 54.3 Å². The number of anilines is 2. The highest BCUT2D eigenvalue weighted by atomic mass is 16.2. The Labute approximate surface area is 171 Å². The molecule has 3 amide bonds. The zero-order valence-electron chi connectivity index (χ0n) is 17.0. The van der Waals surface area contributed by atoms with E-state index in [9.17, 15) is 9.59 Å². The largest absolute Gasteiger partial charge is 0.334 e. The number of carbonyl (C=O) groups excluding carboxylic acids is 2. The van der Waals surface area contributed by atoms with Crippen molar-refractivity contribution in [3.8, 4) is 0 Å². The fourth-order valence-corrected chi connectivity index (χ4v) is 3.78. The molecule has 0 saturated heterocycles. The fraction of sp³-hybridized carbons (Fsp3) is 0.333. The third kappa shape index (κ3) is 4.67. The minimum atomic E-state index is -0.260. The molecular weight excluding hydrogens is 362 g/mol. The van der Waals surface area contributed by atoms with Gasteiger partial charge in [-0.1, -0.05) is 35.4 Å². The number of allylic oxidation sites excluding steroid dienone is 1. The summed E-state index contributed by atoms with van der Waals surface area (Å²) in [5.74, 6) is 0.703. The lowest BCUT2D eigenvalue weighted by atomic mass is 9.97. The van der Waals surface area contributed by atoms with Gasteiger partial charge in [0.15, 0.2) is 0 Å². The highest BCUT2D eigenvalue weighted by molar-refractivity contribution is 6.00. The Kier molecular flexibility index (Phi) is 5.38. The van der Waals surface area contributed by atoms with E-state index in [0.29, 0.717) is 19.0 Å². The van der Waals surface area contributed by atoms with Gasteiger partial charge in [-0.2, -0.15) is 0 Å². The molecule has 1 heterocycles. The van der Waals surface area contributed by atoms with E-state index < -0.39 is 0 Å². The Hall–Kier alpha value is -3.08. The summed E-state index contributed by atoms with van der Waals surface area (Å²) in [6, 6.07) is 13.3. The molecule has 0 bridgehead atoms. The summed E-state index contributed by atoms with van der Waals surface area (Å²) < 4.78 is 0. The molecule has 0 atom stereocenters. The number of fused-ring (bicyclic) bond motifs is 1. The van der Waals surface area contributed by atoms with Gasteiger partial charge in [0.05, 0.1) is 0 Å². The van der Waals surface area contributed by atoms with Crippen molar-refractivity contribution in [1.29, 1.82) is 0 Å². The van der Waals surface area contributed by atoms with Gasteiger partial charge in [-0.15, -0.1) is 0 Å². The highest BCUT2D eigenvalue weighted by Crippen LogP contribution is 2.36. The number of hydrogen-bond donors (Lipinski definition) is 2. The molecule has 1 saturated carbocycles. The molecule has 0 aromatic heterocycles. The summed E-state index contributed by atoms with van der Waals surface area (Å²) in [5.41, 5.74) is 6.11. The molecule has 0 unspecified atom stereocenters. The van der Waals surface area contributed by atoms with Gasteiger partial charge in [-0.3, -0.25) is 4.79 Å². The lowest BCUT2D eigenvalue weighted by Gasteiger charge is -2.29. The lowest BCUT2D eigenvalue weighted by molar-refractivity contribution is -0.126. The smallest absolute Gasteiger partial charge is 0.323 e. The topological polar surface area (TPSA) is 61.4 Å². The van der Waals surface area contributed by atoms with Gasteiger partial charge in [0.2, 0.25) is 5.91 Å². The first-order valence-corrected chi connectivity index (χ1v) is 10.2. The molecule has 0 spiro atoms. The van der Waals surface area contributed by atoms with Gasteiger partial charge in [0.25, 0.3) is 0 Å². The van der Waals surface area contributed by atoms with Gasteiger partial charge in [0, 0.05) is 30.5 Å². The van der Waals surface area contributed by atoms with Crippen LogP contribution in [-0.4, -0.2) is 23.4 Å². The van der Waals surface area contributed by atoms with E-state index in [2.05, 4.69) is 17.6 Å². The standard InChI is InChI=1S/C24H27N3O2/c1-16-6-10-20(11-7-16)25-24(29)26-22-5-3-4-19-15-27(13-12-21(19)22)23(28)14-17(2)18-8-9-18/h3-7,10-11,14,18H,8-9,12-13,15H2,1-2H3,(H2,25,26,29)/b17-14-. The van der Waals surface area contributed by atoms with Crippen molar-refractivity contribution in [1.82, 2.24) is 4.90 Å². The van der Waals surface area contributed by atoms with Crippen LogP contribution < -0.4 is 10.6 Å². The van der Waals surface area contributed by atoms with E-state index >= 15 is 0 Å². The monoisotopic (exact) mass is 389 g/mol. The number of urea groups is 1. The molecule has 1 aliphatic carbocycles. The highest BCUT2D eigenvalue weighted by Gasteiger charge is 2.26. The molecule has 150 valence electrons. The second-order valence-electron chi connectivity index (χ2n) is 8.06. The first-order valence-electron chi connectivity index (χ1n) is 10.2. The predicted octanol–water partition coefficient (Wildman–Crippen LogP) is 4.88. The summed E-state index contributed by atoms with van der Waals surface area (Å²) in [7, 11) is 0. The number of aryl methyl sites for hydroxylation is 1. The molecule has 29 heavy (non-hydrogen) atoms. The zero-order valence-corrected chi connectivity index (χ0v) is 17.0. The number of rotatable bonds is 4. The molecule has 2 aromatic rings. The van der Waals surface area contributed by atoms with E-state index in [1.165, 1.54) is 18.4 Å². The van der Waals surface area contributed by atoms with Crippen LogP contribution in [0.4, 0.5) is 16.2 Å². The average Bonchev–Trinajstić information content (AvgIpc) is 3.55. The van der Waals surface area contributed by atoms with Crippen molar-refractivity contribution < 1.29 is 9.59 Å². The Morgan fingerprint density at radius 1 is 1.07 bits per heavy atom. The quantitative estimate of drug-likeness (QED) is 0.732. The number of nitrogens with one attached hydrogen (secondary N) is 2. The molecule has 1 fully saturated rings. The van der Waals surface area contributed by atoms with E-state index in [1.54, 1.807) is 6.08 Å². The Bertz CT molecular complexity index is 959. The third-order valence-corrected chi connectivity index (χ3v) is 5.71. The first-order chi connectivity index (χ1) is 14.0. The van der Waals surface area contributed by atoms with Crippen molar-refractivity contribution >= 4 is 23.3 Å². The van der Waals surface area contributed by atoms with Gasteiger partial charge in [0.1, 0.15) is 0 Å². The molecule has 2 N–H and O–H groups in total. The average molecular weight is 389 g/mol. The SMILES string of the molecule is C/C(=C/C(=O)N1CCc2c(cccc2NC(=O)Nc2ccc(C)cc2)C1)C1CC1. The van der Waals surface area contributed by atoms with Gasteiger partial charge in [-0.25, -0.2) is 4.79 Å². The first kappa shape index (κ1) is 19.2. The Morgan fingerprint density at radius 2 is 1.83 bits per heavy atom. The minimum Gasteiger partial charge on any atom is -0.334 e. The van der Waals surface area contributed by atoms with Crippen LogP contribution >= 0.6 is 0 Å². The van der Waals surface area contributed by atoms with Gasteiger partial charge >= 0.3 is 6.03 Å². The number of nitrogens with zero attached hydrogens (tertiary/aromatic N) is 1. The number of carbonyl (C=O) groups is 2. The number of amides is 3. The molecule has 2 aromatic carbocycles. The van der Waals surface area contributed by atoms with Crippen LogP contribution in [0.15, 0.2) is 54.1 Å². The zero-order chi connectivity index (χ0) is 20.4. The van der Waals surface area contributed by atoms with Crippen LogP contribution in [0.25, 0.3) is 0 Å². The van der Waals surface area contributed by atoms with Crippen molar-refractivity contribution in [2.45, 2.75) is 39.7 Å². The van der Waals surface area contributed by atoms with Gasteiger partial charge in [-0.05, 0) is 68.4 Å². The fourth-order valence-electron chi connectivity index (χ4n) is 3.78. The van der Waals surface area contributed by atoms with Crippen LogP contribution in [0.5, 0.6) is 0 Å². The molecule has 5 heteroatoms. The van der Waals surface area contributed by atoms with Gasteiger partial charge < -0.3 is 15.5 Å². The van der Waals surface area contributed by atoms with E-state index in [-0.39, 0.29) is 11.9 Å². The number of hydrogen-bond acceptors (Lipinski definition) is 2. The Balaban J connectivity index is 1.42. The molecule has 4 rings (SSSR count). The summed E-state index contributed by atoms with van der Waals surface area (Å²) >= 11 is 0.